The van der Waals surface area contributed by atoms with Gasteiger partial charge in [-0.05, 0) is 57.3 Å². The molecule has 2 atom stereocenters. The van der Waals surface area contributed by atoms with Gasteiger partial charge in [-0.1, -0.05) is 90.1 Å². The number of carbonyl (C=O) groups is 2. The van der Waals surface area contributed by atoms with Crippen molar-refractivity contribution in [3.05, 3.63) is 59.7 Å². The molecule has 206 valence electrons. The standard InChI is InChI=1S/C32H46N4O2/c1-7-17-33-31(37)29(21(3)4)35-19-27-23-13-9-11-15-25(23)28(26-16-12-10-14-24(26)27)20-36-30(22(5)6)32(38)34-18-8-2/h9-16,21-22,29-30,35-36H,7-8,17-20H2,1-6H3,(H,33,37)(H,34,38)/t29-,30-/m0/s1. The van der Waals surface area contributed by atoms with Gasteiger partial charge < -0.3 is 21.3 Å². The third kappa shape index (κ3) is 7.12. The van der Waals surface area contributed by atoms with Crippen LogP contribution >= 0.6 is 0 Å². The number of hydrogen-bond acceptors (Lipinski definition) is 4. The first kappa shape index (κ1) is 29.6. The van der Waals surface area contributed by atoms with E-state index in [0.29, 0.717) is 26.2 Å². The van der Waals surface area contributed by atoms with E-state index in [2.05, 4.69) is 111 Å². The first-order chi connectivity index (χ1) is 18.3. The van der Waals surface area contributed by atoms with Crippen LogP contribution in [-0.2, 0) is 22.7 Å². The molecule has 6 heteroatoms. The lowest BCUT2D eigenvalue weighted by molar-refractivity contribution is -0.125. The predicted octanol–water partition coefficient (Wildman–Crippen LogP) is 5.27. The molecule has 0 saturated heterocycles. The number of carbonyl (C=O) groups excluding carboxylic acids is 2. The third-order valence-corrected chi connectivity index (χ3v) is 7.15. The minimum atomic E-state index is -0.270. The molecule has 0 bridgehead atoms. The molecule has 2 amide bonds. The Hall–Kier alpha value is -2.96. The molecular formula is C32H46N4O2. The molecule has 0 unspecified atom stereocenters. The van der Waals surface area contributed by atoms with Crippen molar-refractivity contribution in [2.75, 3.05) is 13.1 Å². The highest BCUT2D eigenvalue weighted by Crippen LogP contribution is 2.33. The van der Waals surface area contributed by atoms with Gasteiger partial charge in [0.1, 0.15) is 0 Å². The predicted molar refractivity (Wildman–Crippen MR) is 159 cm³/mol. The fraction of sp³-hybridized carbons (Fsp3) is 0.500. The first-order valence-corrected chi connectivity index (χ1v) is 14.2. The Morgan fingerprint density at radius 2 is 0.921 bits per heavy atom. The molecule has 0 aliphatic carbocycles. The van der Waals surface area contributed by atoms with Gasteiger partial charge in [-0.15, -0.1) is 0 Å². The monoisotopic (exact) mass is 518 g/mol. The van der Waals surface area contributed by atoms with Gasteiger partial charge in [0.05, 0.1) is 12.1 Å². The molecule has 0 heterocycles. The van der Waals surface area contributed by atoms with E-state index >= 15 is 0 Å². The van der Waals surface area contributed by atoms with Crippen molar-refractivity contribution in [2.45, 2.75) is 79.6 Å². The zero-order chi connectivity index (χ0) is 27.7. The van der Waals surface area contributed by atoms with Crippen LogP contribution < -0.4 is 21.3 Å². The van der Waals surface area contributed by atoms with Crippen LogP contribution in [0.25, 0.3) is 21.5 Å². The smallest absolute Gasteiger partial charge is 0.237 e. The van der Waals surface area contributed by atoms with Crippen LogP contribution in [-0.4, -0.2) is 37.0 Å². The summed E-state index contributed by atoms with van der Waals surface area (Å²) in [6.45, 7) is 15.0. The number of nitrogens with one attached hydrogen (secondary N) is 4. The average Bonchev–Trinajstić information content (AvgIpc) is 2.91. The van der Waals surface area contributed by atoms with Crippen molar-refractivity contribution < 1.29 is 9.59 Å². The summed E-state index contributed by atoms with van der Waals surface area (Å²) in [5.74, 6) is 0.439. The van der Waals surface area contributed by atoms with Gasteiger partial charge in [-0.25, -0.2) is 0 Å². The number of fused-ring (bicyclic) bond motifs is 2. The minimum absolute atomic E-state index is 0.0531. The lowest BCUT2D eigenvalue weighted by Crippen LogP contribution is -2.47. The lowest BCUT2D eigenvalue weighted by Gasteiger charge is -2.25. The van der Waals surface area contributed by atoms with Crippen LogP contribution in [0.5, 0.6) is 0 Å². The molecule has 0 fully saturated rings. The Kier molecular flexibility index (Phi) is 11.1. The maximum Gasteiger partial charge on any atom is 0.237 e. The second kappa shape index (κ2) is 14.3. The van der Waals surface area contributed by atoms with Gasteiger partial charge in [0, 0.05) is 26.2 Å². The Labute approximate surface area is 228 Å². The van der Waals surface area contributed by atoms with E-state index in [1.807, 2.05) is 0 Å². The van der Waals surface area contributed by atoms with Crippen molar-refractivity contribution in [1.29, 1.82) is 0 Å². The summed E-state index contributed by atoms with van der Waals surface area (Å²) in [6.07, 6.45) is 1.83. The summed E-state index contributed by atoms with van der Waals surface area (Å²) in [4.78, 5) is 25.7. The second-order valence-electron chi connectivity index (χ2n) is 10.8. The van der Waals surface area contributed by atoms with Crippen molar-refractivity contribution >= 4 is 33.4 Å². The fourth-order valence-corrected chi connectivity index (χ4v) is 5.09. The van der Waals surface area contributed by atoms with E-state index in [9.17, 15) is 9.59 Å². The van der Waals surface area contributed by atoms with Crippen LogP contribution in [0, 0.1) is 11.8 Å². The molecule has 4 N–H and O–H groups in total. The van der Waals surface area contributed by atoms with Crippen molar-refractivity contribution in [2.24, 2.45) is 11.8 Å². The zero-order valence-corrected chi connectivity index (χ0v) is 24.0. The second-order valence-corrected chi connectivity index (χ2v) is 10.8. The van der Waals surface area contributed by atoms with Gasteiger partial charge in [-0.3, -0.25) is 9.59 Å². The number of benzene rings is 3. The quantitative estimate of drug-likeness (QED) is 0.219. The zero-order valence-electron chi connectivity index (χ0n) is 24.0. The maximum absolute atomic E-state index is 12.9. The first-order valence-electron chi connectivity index (χ1n) is 14.2. The number of amides is 2. The fourth-order valence-electron chi connectivity index (χ4n) is 5.09. The summed E-state index contributed by atoms with van der Waals surface area (Å²) in [6, 6.07) is 16.4. The molecule has 0 saturated carbocycles. The maximum atomic E-state index is 12.9. The molecule has 6 nitrogen and oxygen atoms in total. The van der Waals surface area contributed by atoms with E-state index in [1.165, 1.54) is 32.7 Å². The van der Waals surface area contributed by atoms with Crippen molar-refractivity contribution in [1.82, 2.24) is 21.3 Å². The highest BCUT2D eigenvalue weighted by atomic mass is 16.2. The normalized spacial score (nSPS) is 13.3. The Balaban J connectivity index is 1.99. The van der Waals surface area contributed by atoms with Crippen LogP contribution in [0.2, 0.25) is 0 Å². The van der Waals surface area contributed by atoms with E-state index < -0.39 is 0 Å². The lowest BCUT2D eigenvalue weighted by atomic mass is 9.90. The van der Waals surface area contributed by atoms with E-state index in [0.717, 1.165) is 12.8 Å². The topological polar surface area (TPSA) is 82.3 Å². The van der Waals surface area contributed by atoms with Gasteiger partial charge in [0.2, 0.25) is 11.8 Å². The molecule has 38 heavy (non-hydrogen) atoms. The molecule has 0 aromatic heterocycles. The molecule has 0 radical (unpaired) electrons. The van der Waals surface area contributed by atoms with Gasteiger partial charge >= 0.3 is 0 Å². The highest BCUT2D eigenvalue weighted by Gasteiger charge is 2.24. The van der Waals surface area contributed by atoms with Gasteiger partial charge in [0.15, 0.2) is 0 Å². The third-order valence-electron chi connectivity index (χ3n) is 7.15. The van der Waals surface area contributed by atoms with Crippen molar-refractivity contribution in [3.8, 4) is 0 Å². The molecular weight excluding hydrogens is 472 g/mol. The average molecular weight is 519 g/mol. The molecule has 3 aromatic rings. The van der Waals surface area contributed by atoms with Gasteiger partial charge in [-0.2, -0.15) is 0 Å². The van der Waals surface area contributed by atoms with Crippen LogP contribution in [0.1, 0.15) is 65.5 Å². The Bertz CT molecular complexity index is 1070. The van der Waals surface area contributed by atoms with Gasteiger partial charge in [0.25, 0.3) is 0 Å². The molecule has 3 aromatic carbocycles. The highest BCUT2D eigenvalue weighted by molar-refractivity contribution is 6.05. The molecule has 0 aliphatic rings. The van der Waals surface area contributed by atoms with E-state index in [-0.39, 0.29) is 35.7 Å². The molecule has 0 aliphatic heterocycles. The van der Waals surface area contributed by atoms with Crippen molar-refractivity contribution in [3.63, 3.8) is 0 Å². The number of rotatable bonds is 14. The molecule has 3 rings (SSSR count). The minimum Gasteiger partial charge on any atom is -0.355 e. The van der Waals surface area contributed by atoms with E-state index in [1.54, 1.807) is 0 Å². The van der Waals surface area contributed by atoms with Crippen LogP contribution in [0.15, 0.2) is 48.5 Å². The summed E-state index contributed by atoms with van der Waals surface area (Å²) in [5, 5.41) is 17.9. The Morgan fingerprint density at radius 3 is 1.18 bits per heavy atom. The van der Waals surface area contributed by atoms with E-state index in [4.69, 9.17) is 0 Å². The number of hydrogen-bond donors (Lipinski definition) is 4. The summed E-state index contributed by atoms with van der Waals surface area (Å²) < 4.78 is 0. The van der Waals surface area contributed by atoms with Crippen LogP contribution in [0.3, 0.4) is 0 Å². The molecule has 0 spiro atoms. The summed E-state index contributed by atoms with van der Waals surface area (Å²) >= 11 is 0. The summed E-state index contributed by atoms with van der Waals surface area (Å²) in [7, 11) is 0. The Morgan fingerprint density at radius 1 is 0.605 bits per heavy atom. The largest absolute Gasteiger partial charge is 0.355 e. The summed E-state index contributed by atoms with van der Waals surface area (Å²) in [5.41, 5.74) is 2.38. The SMILES string of the molecule is CCCNC(=O)[C@@H](NCc1c2ccccc2c(CN[C@H](C(=O)NCCC)C(C)C)c2ccccc12)C(C)C. The van der Waals surface area contributed by atoms with Crippen LogP contribution in [0.4, 0.5) is 0 Å².